The SMILES string of the molecule is CCc1ccc(C(=O)N2CCN(CC(=O)NCc3ccc(OC)cc3)CC2)cc1. The second kappa shape index (κ2) is 10.1. The molecule has 0 spiro atoms. The molecule has 2 aromatic carbocycles. The Labute approximate surface area is 172 Å². The molecule has 0 aromatic heterocycles. The standard InChI is InChI=1S/C23H29N3O3/c1-3-18-4-8-20(9-5-18)23(28)26-14-12-25(13-15-26)17-22(27)24-16-19-6-10-21(29-2)11-7-19/h4-11H,3,12-17H2,1-2H3,(H,24,27). The lowest BCUT2D eigenvalue weighted by Gasteiger charge is -2.34. The second-order valence-electron chi connectivity index (χ2n) is 7.24. The van der Waals surface area contributed by atoms with Crippen molar-refractivity contribution in [1.29, 1.82) is 0 Å². The van der Waals surface area contributed by atoms with Crippen LogP contribution < -0.4 is 10.1 Å². The summed E-state index contributed by atoms with van der Waals surface area (Å²) >= 11 is 0. The minimum absolute atomic E-state index is 0.00394. The molecular formula is C23H29N3O3. The number of piperazine rings is 1. The van der Waals surface area contributed by atoms with E-state index in [0.29, 0.717) is 39.3 Å². The number of rotatable bonds is 7. The van der Waals surface area contributed by atoms with E-state index in [1.54, 1.807) is 7.11 Å². The number of nitrogens with zero attached hydrogens (tertiary/aromatic N) is 2. The maximum atomic E-state index is 12.7. The molecular weight excluding hydrogens is 366 g/mol. The summed E-state index contributed by atoms with van der Waals surface area (Å²) in [5, 5.41) is 2.95. The average Bonchev–Trinajstić information content (AvgIpc) is 2.78. The van der Waals surface area contributed by atoms with Crippen LogP contribution in [0.5, 0.6) is 5.75 Å². The van der Waals surface area contributed by atoms with Gasteiger partial charge in [-0.25, -0.2) is 0 Å². The minimum atomic E-state index is -0.00394. The summed E-state index contributed by atoms with van der Waals surface area (Å²) in [7, 11) is 1.63. The van der Waals surface area contributed by atoms with Crippen molar-refractivity contribution in [3.63, 3.8) is 0 Å². The summed E-state index contributed by atoms with van der Waals surface area (Å²) in [6.07, 6.45) is 0.966. The summed E-state index contributed by atoms with van der Waals surface area (Å²) in [4.78, 5) is 28.9. The number of carbonyl (C=O) groups is 2. The van der Waals surface area contributed by atoms with E-state index in [1.165, 1.54) is 5.56 Å². The maximum Gasteiger partial charge on any atom is 0.253 e. The zero-order valence-corrected chi connectivity index (χ0v) is 17.2. The molecule has 0 unspecified atom stereocenters. The molecule has 1 aliphatic rings. The molecule has 2 aromatic rings. The number of methoxy groups -OCH3 is 1. The molecule has 29 heavy (non-hydrogen) atoms. The van der Waals surface area contributed by atoms with Crippen LogP contribution >= 0.6 is 0 Å². The van der Waals surface area contributed by atoms with Gasteiger partial charge < -0.3 is 15.0 Å². The molecule has 1 saturated heterocycles. The smallest absolute Gasteiger partial charge is 0.253 e. The molecule has 1 N–H and O–H groups in total. The van der Waals surface area contributed by atoms with Crippen LogP contribution in [0.4, 0.5) is 0 Å². The summed E-state index contributed by atoms with van der Waals surface area (Å²) in [6, 6.07) is 15.5. The third kappa shape index (κ3) is 5.81. The van der Waals surface area contributed by atoms with Gasteiger partial charge in [-0.1, -0.05) is 31.2 Å². The molecule has 1 fully saturated rings. The van der Waals surface area contributed by atoms with E-state index < -0.39 is 0 Å². The number of benzene rings is 2. The van der Waals surface area contributed by atoms with Crippen molar-refractivity contribution >= 4 is 11.8 Å². The maximum absolute atomic E-state index is 12.7. The Bertz CT molecular complexity index is 810. The van der Waals surface area contributed by atoms with E-state index in [4.69, 9.17) is 4.74 Å². The molecule has 0 atom stereocenters. The lowest BCUT2D eigenvalue weighted by Crippen LogP contribution is -2.51. The van der Waals surface area contributed by atoms with Crippen LogP contribution in [0.3, 0.4) is 0 Å². The van der Waals surface area contributed by atoms with E-state index in [2.05, 4.69) is 17.1 Å². The van der Waals surface area contributed by atoms with Crippen LogP contribution in [0.2, 0.25) is 0 Å². The Morgan fingerprint density at radius 2 is 1.55 bits per heavy atom. The lowest BCUT2D eigenvalue weighted by molar-refractivity contribution is -0.122. The first-order chi connectivity index (χ1) is 14.1. The summed E-state index contributed by atoms with van der Waals surface area (Å²) in [6.45, 7) is 5.63. The van der Waals surface area contributed by atoms with Crippen LogP contribution in [0, 0.1) is 0 Å². The third-order valence-electron chi connectivity index (χ3n) is 5.28. The van der Waals surface area contributed by atoms with E-state index >= 15 is 0 Å². The van der Waals surface area contributed by atoms with Gasteiger partial charge in [0.15, 0.2) is 0 Å². The van der Waals surface area contributed by atoms with Gasteiger partial charge >= 0.3 is 0 Å². The molecule has 0 radical (unpaired) electrons. The van der Waals surface area contributed by atoms with Gasteiger partial charge in [0, 0.05) is 38.3 Å². The fraction of sp³-hybridized carbons (Fsp3) is 0.391. The zero-order valence-electron chi connectivity index (χ0n) is 17.2. The van der Waals surface area contributed by atoms with E-state index in [0.717, 1.165) is 23.3 Å². The molecule has 6 nitrogen and oxygen atoms in total. The Morgan fingerprint density at radius 1 is 0.931 bits per heavy atom. The number of aryl methyl sites for hydroxylation is 1. The Morgan fingerprint density at radius 3 is 2.14 bits per heavy atom. The fourth-order valence-corrected chi connectivity index (χ4v) is 3.38. The molecule has 0 saturated carbocycles. The van der Waals surface area contributed by atoms with Crippen molar-refractivity contribution in [1.82, 2.24) is 15.1 Å². The van der Waals surface area contributed by atoms with Crippen LogP contribution in [0.1, 0.15) is 28.4 Å². The van der Waals surface area contributed by atoms with Gasteiger partial charge in [0.05, 0.1) is 13.7 Å². The average molecular weight is 396 g/mol. The largest absolute Gasteiger partial charge is 0.497 e. The van der Waals surface area contributed by atoms with E-state index in [9.17, 15) is 9.59 Å². The highest BCUT2D eigenvalue weighted by atomic mass is 16.5. The minimum Gasteiger partial charge on any atom is -0.497 e. The zero-order chi connectivity index (χ0) is 20.6. The Kier molecular flexibility index (Phi) is 7.25. The first kappa shape index (κ1) is 20.9. The van der Waals surface area contributed by atoms with Crippen molar-refractivity contribution < 1.29 is 14.3 Å². The lowest BCUT2D eigenvalue weighted by atomic mass is 10.1. The number of hydrogen-bond acceptors (Lipinski definition) is 4. The monoisotopic (exact) mass is 395 g/mol. The predicted molar refractivity (Wildman–Crippen MR) is 113 cm³/mol. The number of carbonyl (C=O) groups excluding carboxylic acids is 2. The van der Waals surface area contributed by atoms with Gasteiger partial charge in [-0.15, -0.1) is 0 Å². The first-order valence-electron chi connectivity index (χ1n) is 10.1. The number of hydrogen-bond donors (Lipinski definition) is 1. The quantitative estimate of drug-likeness (QED) is 0.782. The van der Waals surface area contributed by atoms with Gasteiger partial charge in [0.1, 0.15) is 5.75 Å². The molecule has 0 aliphatic carbocycles. The molecule has 6 heteroatoms. The van der Waals surface area contributed by atoms with Crippen molar-refractivity contribution in [2.75, 3.05) is 39.8 Å². The molecule has 3 rings (SSSR count). The highest BCUT2D eigenvalue weighted by Crippen LogP contribution is 2.12. The van der Waals surface area contributed by atoms with Crippen LogP contribution in [0.25, 0.3) is 0 Å². The van der Waals surface area contributed by atoms with Crippen LogP contribution in [-0.2, 0) is 17.8 Å². The van der Waals surface area contributed by atoms with E-state index in [-0.39, 0.29) is 11.8 Å². The molecule has 1 aliphatic heterocycles. The number of amides is 2. The van der Waals surface area contributed by atoms with Gasteiger partial charge in [0.2, 0.25) is 5.91 Å². The van der Waals surface area contributed by atoms with Gasteiger partial charge in [-0.05, 0) is 41.8 Å². The summed E-state index contributed by atoms with van der Waals surface area (Å²) in [5.74, 6) is 0.862. The topological polar surface area (TPSA) is 61.9 Å². The number of ether oxygens (including phenoxy) is 1. The van der Waals surface area contributed by atoms with Crippen molar-refractivity contribution in [2.45, 2.75) is 19.9 Å². The Balaban J connectivity index is 1.41. The summed E-state index contributed by atoms with van der Waals surface area (Å²) in [5.41, 5.74) is 2.99. The molecule has 1 heterocycles. The predicted octanol–water partition coefficient (Wildman–Crippen LogP) is 2.33. The van der Waals surface area contributed by atoms with Crippen LogP contribution in [0.15, 0.2) is 48.5 Å². The number of nitrogens with one attached hydrogen (secondary N) is 1. The first-order valence-corrected chi connectivity index (χ1v) is 10.1. The highest BCUT2D eigenvalue weighted by molar-refractivity contribution is 5.94. The molecule has 0 bridgehead atoms. The van der Waals surface area contributed by atoms with Gasteiger partial charge in [0.25, 0.3) is 5.91 Å². The second-order valence-corrected chi connectivity index (χ2v) is 7.24. The van der Waals surface area contributed by atoms with Crippen molar-refractivity contribution in [2.24, 2.45) is 0 Å². The molecule has 2 amide bonds. The highest BCUT2D eigenvalue weighted by Gasteiger charge is 2.23. The normalized spacial score (nSPS) is 14.5. The third-order valence-corrected chi connectivity index (χ3v) is 5.28. The molecule has 154 valence electrons. The van der Waals surface area contributed by atoms with Gasteiger partial charge in [-0.2, -0.15) is 0 Å². The Hall–Kier alpha value is -2.86. The summed E-state index contributed by atoms with van der Waals surface area (Å²) < 4.78 is 5.14. The van der Waals surface area contributed by atoms with E-state index in [1.807, 2.05) is 53.4 Å². The van der Waals surface area contributed by atoms with Crippen LogP contribution in [-0.4, -0.2) is 61.4 Å². The van der Waals surface area contributed by atoms with Crippen molar-refractivity contribution in [3.8, 4) is 5.75 Å². The van der Waals surface area contributed by atoms with Gasteiger partial charge in [-0.3, -0.25) is 14.5 Å². The fourth-order valence-electron chi connectivity index (χ4n) is 3.38. The van der Waals surface area contributed by atoms with Crippen molar-refractivity contribution in [3.05, 3.63) is 65.2 Å².